The Labute approximate surface area is 193 Å². The number of benzene rings is 2. The van der Waals surface area contributed by atoms with Crippen molar-refractivity contribution in [3.05, 3.63) is 59.6 Å². The maximum atomic E-state index is 12.0. The molecule has 164 valence electrons. The first-order valence-corrected chi connectivity index (χ1v) is 12.2. The van der Waals surface area contributed by atoms with Gasteiger partial charge in [-0.05, 0) is 37.1 Å². The van der Waals surface area contributed by atoms with Gasteiger partial charge in [0.25, 0.3) is 0 Å². The lowest BCUT2D eigenvalue weighted by Crippen LogP contribution is -2.24. The Kier molecular flexibility index (Phi) is 9.43. The number of aromatic nitrogens is 3. The molecule has 1 amide bonds. The van der Waals surface area contributed by atoms with Gasteiger partial charge in [-0.15, -0.1) is 10.2 Å². The number of carbonyl (C=O) groups is 1. The van der Waals surface area contributed by atoms with Gasteiger partial charge < -0.3 is 5.32 Å². The zero-order chi connectivity index (χ0) is 21.9. The predicted molar refractivity (Wildman–Crippen MR) is 129 cm³/mol. The Balaban J connectivity index is 1.62. The van der Waals surface area contributed by atoms with Gasteiger partial charge in [0.15, 0.2) is 11.0 Å². The molecule has 7 heteroatoms. The second-order valence-electron chi connectivity index (χ2n) is 7.32. The van der Waals surface area contributed by atoms with Gasteiger partial charge in [-0.3, -0.25) is 9.36 Å². The van der Waals surface area contributed by atoms with Crippen molar-refractivity contribution in [3.8, 4) is 17.1 Å². The lowest BCUT2D eigenvalue weighted by atomic mass is 10.2. The molecule has 2 aromatic carbocycles. The molecule has 0 bridgehead atoms. The van der Waals surface area contributed by atoms with Crippen molar-refractivity contribution < 1.29 is 4.79 Å². The van der Waals surface area contributed by atoms with Gasteiger partial charge >= 0.3 is 0 Å². The van der Waals surface area contributed by atoms with E-state index in [-0.39, 0.29) is 5.91 Å². The van der Waals surface area contributed by atoms with Crippen molar-refractivity contribution in [3.63, 3.8) is 0 Å². The third-order valence-corrected chi connectivity index (χ3v) is 6.24. The van der Waals surface area contributed by atoms with E-state index >= 15 is 0 Å². The van der Waals surface area contributed by atoms with E-state index in [1.165, 1.54) is 19.3 Å². The molecule has 3 rings (SSSR count). The number of thioether (sulfide) groups is 1. The molecular formula is C24H29ClN4OS. The van der Waals surface area contributed by atoms with Crippen LogP contribution in [0, 0.1) is 0 Å². The van der Waals surface area contributed by atoms with Gasteiger partial charge in [-0.25, -0.2) is 0 Å². The zero-order valence-electron chi connectivity index (χ0n) is 17.9. The lowest BCUT2D eigenvalue weighted by Gasteiger charge is -2.11. The summed E-state index contributed by atoms with van der Waals surface area (Å²) in [6, 6.07) is 17.7. The van der Waals surface area contributed by atoms with Crippen LogP contribution in [0.15, 0.2) is 59.8 Å². The van der Waals surface area contributed by atoms with Crippen molar-refractivity contribution >= 4 is 29.3 Å². The maximum Gasteiger partial charge on any atom is 0.220 e. The van der Waals surface area contributed by atoms with Crippen molar-refractivity contribution in [1.82, 2.24) is 20.1 Å². The fourth-order valence-corrected chi connectivity index (χ4v) is 4.37. The third kappa shape index (κ3) is 6.84. The standard InChI is InChI=1S/C24H29ClN4OS/c1-2-3-4-10-17-26-22(30)16-11-18-31-24-28-27-23(20-14-8-9-15-21(20)25)29(24)19-12-6-5-7-13-19/h5-9,12-15H,2-4,10-11,16-18H2,1H3,(H,26,30). The van der Waals surface area contributed by atoms with Crippen LogP contribution < -0.4 is 5.32 Å². The van der Waals surface area contributed by atoms with E-state index in [2.05, 4.69) is 22.4 Å². The Morgan fingerprint density at radius 1 is 1.00 bits per heavy atom. The van der Waals surface area contributed by atoms with Gasteiger partial charge in [0.2, 0.25) is 5.91 Å². The number of rotatable bonds is 12. The molecule has 31 heavy (non-hydrogen) atoms. The average Bonchev–Trinajstić information content (AvgIpc) is 3.21. The fourth-order valence-electron chi connectivity index (χ4n) is 3.25. The molecule has 0 atom stereocenters. The first-order chi connectivity index (χ1) is 15.2. The van der Waals surface area contributed by atoms with E-state index in [1.54, 1.807) is 11.8 Å². The fraction of sp³-hybridized carbons (Fsp3) is 0.375. The van der Waals surface area contributed by atoms with E-state index in [1.807, 2.05) is 59.2 Å². The van der Waals surface area contributed by atoms with Crippen LogP contribution >= 0.6 is 23.4 Å². The minimum Gasteiger partial charge on any atom is -0.356 e. The summed E-state index contributed by atoms with van der Waals surface area (Å²) in [7, 11) is 0. The molecule has 1 heterocycles. The molecule has 0 saturated carbocycles. The Hall–Kier alpha value is -2.31. The second-order valence-corrected chi connectivity index (χ2v) is 8.79. The number of unbranched alkanes of at least 4 members (excludes halogenated alkanes) is 3. The van der Waals surface area contributed by atoms with Crippen LogP contribution in [-0.2, 0) is 4.79 Å². The van der Waals surface area contributed by atoms with Gasteiger partial charge in [0, 0.05) is 30.0 Å². The van der Waals surface area contributed by atoms with Crippen molar-refractivity contribution in [1.29, 1.82) is 0 Å². The molecule has 0 aliphatic heterocycles. The van der Waals surface area contributed by atoms with Crippen molar-refractivity contribution in [2.45, 2.75) is 50.6 Å². The topological polar surface area (TPSA) is 59.8 Å². The van der Waals surface area contributed by atoms with Crippen LogP contribution in [0.3, 0.4) is 0 Å². The van der Waals surface area contributed by atoms with Crippen LogP contribution in [0.4, 0.5) is 0 Å². The molecule has 0 unspecified atom stereocenters. The second kappa shape index (κ2) is 12.5. The van der Waals surface area contributed by atoms with Gasteiger partial charge in [0.1, 0.15) is 0 Å². The molecule has 0 saturated heterocycles. The first-order valence-electron chi connectivity index (χ1n) is 10.9. The minimum atomic E-state index is 0.124. The Morgan fingerprint density at radius 3 is 2.55 bits per heavy atom. The zero-order valence-corrected chi connectivity index (χ0v) is 19.5. The average molecular weight is 457 g/mol. The van der Waals surface area contributed by atoms with E-state index in [9.17, 15) is 4.79 Å². The quantitative estimate of drug-likeness (QED) is 0.262. The molecule has 0 spiro atoms. The predicted octanol–water partition coefficient (Wildman–Crippen LogP) is 6.16. The van der Waals surface area contributed by atoms with Gasteiger partial charge in [0.05, 0.1) is 5.02 Å². The summed E-state index contributed by atoms with van der Waals surface area (Å²) in [6.07, 6.45) is 5.97. The number of nitrogens with zero attached hydrogens (tertiary/aromatic N) is 3. The summed E-state index contributed by atoms with van der Waals surface area (Å²) in [5.74, 6) is 1.62. The highest BCUT2D eigenvalue weighted by molar-refractivity contribution is 7.99. The summed E-state index contributed by atoms with van der Waals surface area (Å²) in [5, 5.41) is 13.3. The summed E-state index contributed by atoms with van der Waals surface area (Å²) >= 11 is 8.03. The number of hydrogen-bond donors (Lipinski definition) is 1. The highest BCUT2D eigenvalue weighted by atomic mass is 35.5. The highest BCUT2D eigenvalue weighted by Crippen LogP contribution is 2.32. The Bertz CT molecular complexity index is 961. The molecule has 0 aliphatic rings. The van der Waals surface area contributed by atoms with Crippen LogP contribution in [0.25, 0.3) is 17.1 Å². The number of para-hydroxylation sites is 1. The largest absolute Gasteiger partial charge is 0.356 e. The van der Waals surface area contributed by atoms with Gasteiger partial charge in [-0.2, -0.15) is 0 Å². The number of halogens is 1. The summed E-state index contributed by atoms with van der Waals surface area (Å²) in [6.45, 7) is 2.96. The number of hydrogen-bond acceptors (Lipinski definition) is 4. The molecule has 0 fully saturated rings. The summed E-state index contributed by atoms with van der Waals surface area (Å²) in [4.78, 5) is 12.0. The molecule has 5 nitrogen and oxygen atoms in total. The van der Waals surface area contributed by atoms with Crippen LogP contribution in [-0.4, -0.2) is 33.0 Å². The first kappa shape index (κ1) is 23.4. The van der Waals surface area contributed by atoms with Crippen molar-refractivity contribution in [2.24, 2.45) is 0 Å². The van der Waals surface area contributed by atoms with E-state index < -0.39 is 0 Å². The summed E-state index contributed by atoms with van der Waals surface area (Å²) < 4.78 is 2.03. The number of nitrogens with one attached hydrogen (secondary N) is 1. The number of amides is 1. The number of carbonyl (C=O) groups excluding carboxylic acids is 1. The minimum absolute atomic E-state index is 0.124. The van der Waals surface area contributed by atoms with Crippen LogP contribution in [0.5, 0.6) is 0 Å². The smallest absolute Gasteiger partial charge is 0.220 e. The van der Waals surface area contributed by atoms with E-state index in [0.717, 1.165) is 41.5 Å². The molecule has 0 radical (unpaired) electrons. The lowest BCUT2D eigenvalue weighted by molar-refractivity contribution is -0.121. The molecule has 0 aliphatic carbocycles. The van der Waals surface area contributed by atoms with E-state index in [0.29, 0.717) is 17.3 Å². The monoisotopic (exact) mass is 456 g/mol. The molecule has 1 aromatic heterocycles. The molecule has 3 aromatic rings. The maximum absolute atomic E-state index is 12.0. The third-order valence-electron chi connectivity index (χ3n) is 4.89. The van der Waals surface area contributed by atoms with Gasteiger partial charge in [-0.1, -0.05) is 79.9 Å². The Morgan fingerprint density at radius 2 is 1.77 bits per heavy atom. The highest BCUT2D eigenvalue weighted by Gasteiger charge is 2.17. The molecular weight excluding hydrogens is 428 g/mol. The summed E-state index contributed by atoms with van der Waals surface area (Å²) in [5.41, 5.74) is 1.82. The SMILES string of the molecule is CCCCCCNC(=O)CCCSc1nnc(-c2ccccc2Cl)n1-c1ccccc1. The normalized spacial score (nSPS) is 10.9. The van der Waals surface area contributed by atoms with Crippen LogP contribution in [0.1, 0.15) is 45.4 Å². The van der Waals surface area contributed by atoms with Crippen molar-refractivity contribution in [2.75, 3.05) is 12.3 Å². The molecule has 1 N–H and O–H groups in total. The van der Waals surface area contributed by atoms with E-state index in [4.69, 9.17) is 11.6 Å². The van der Waals surface area contributed by atoms with Crippen LogP contribution in [0.2, 0.25) is 5.02 Å².